The smallest absolute Gasteiger partial charge is 0.165 e. The van der Waals surface area contributed by atoms with Crippen molar-refractivity contribution in [3.63, 3.8) is 0 Å². The third kappa shape index (κ3) is 3.54. The molecule has 1 fully saturated rings. The van der Waals surface area contributed by atoms with Gasteiger partial charge in [-0.05, 0) is 37.6 Å². The molecule has 108 valence electrons. The lowest BCUT2D eigenvalue weighted by molar-refractivity contribution is 0.142. The van der Waals surface area contributed by atoms with E-state index in [1.165, 1.54) is 25.7 Å². The first kappa shape index (κ1) is 14.9. The second-order valence-corrected chi connectivity index (χ2v) is 7.53. The molecule has 0 aliphatic heterocycles. The Kier molecular flexibility index (Phi) is 4.96. The Morgan fingerprint density at radius 2 is 2.26 bits per heavy atom. The van der Waals surface area contributed by atoms with E-state index in [-0.39, 0.29) is 0 Å². The van der Waals surface area contributed by atoms with Gasteiger partial charge in [0, 0.05) is 23.7 Å². The fourth-order valence-electron chi connectivity index (χ4n) is 3.05. The van der Waals surface area contributed by atoms with Gasteiger partial charge >= 0.3 is 0 Å². The van der Waals surface area contributed by atoms with Crippen LogP contribution in [-0.4, -0.2) is 28.3 Å². The van der Waals surface area contributed by atoms with Gasteiger partial charge in [0.1, 0.15) is 0 Å². The first-order valence-electron chi connectivity index (χ1n) is 7.40. The Hall–Kier alpha value is -0.480. The third-order valence-electron chi connectivity index (χ3n) is 4.92. The molecule has 0 bridgehead atoms. The SMILES string of the molecule is CCC(C)(C)C1CCC(NC)C(Sc2ncc[nH]2)C1. The van der Waals surface area contributed by atoms with Crippen LogP contribution < -0.4 is 5.32 Å². The summed E-state index contributed by atoms with van der Waals surface area (Å²) in [7, 11) is 2.09. The van der Waals surface area contributed by atoms with Crippen molar-refractivity contribution in [2.75, 3.05) is 7.05 Å². The van der Waals surface area contributed by atoms with Crippen LogP contribution in [0, 0.1) is 11.3 Å². The predicted molar refractivity (Wildman–Crippen MR) is 82.5 cm³/mol. The van der Waals surface area contributed by atoms with Crippen LogP contribution in [0.4, 0.5) is 0 Å². The zero-order valence-corrected chi connectivity index (χ0v) is 13.4. The zero-order valence-electron chi connectivity index (χ0n) is 12.6. The minimum atomic E-state index is 0.459. The lowest BCUT2D eigenvalue weighted by Crippen LogP contribution is -2.43. The summed E-state index contributed by atoms with van der Waals surface area (Å²) in [5.74, 6) is 0.828. The van der Waals surface area contributed by atoms with Crippen molar-refractivity contribution < 1.29 is 0 Å². The van der Waals surface area contributed by atoms with Gasteiger partial charge in [-0.2, -0.15) is 0 Å². The van der Waals surface area contributed by atoms with E-state index >= 15 is 0 Å². The van der Waals surface area contributed by atoms with Crippen LogP contribution in [0.3, 0.4) is 0 Å². The first-order valence-corrected chi connectivity index (χ1v) is 8.28. The van der Waals surface area contributed by atoms with Gasteiger partial charge < -0.3 is 10.3 Å². The van der Waals surface area contributed by atoms with Crippen molar-refractivity contribution in [2.45, 2.75) is 62.9 Å². The highest BCUT2D eigenvalue weighted by Gasteiger charge is 2.37. The summed E-state index contributed by atoms with van der Waals surface area (Å²) < 4.78 is 0. The molecular weight excluding hydrogens is 254 g/mol. The van der Waals surface area contributed by atoms with Crippen LogP contribution in [0.5, 0.6) is 0 Å². The zero-order chi connectivity index (χ0) is 13.9. The summed E-state index contributed by atoms with van der Waals surface area (Å²) in [4.78, 5) is 7.59. The fraction of sp³-hybridized carbons (Fsp3) is 0.800. The topological polar surface area (TPSA) is 40.7 Å². The molecule has 1 aliphatic carbocycles. The van der Waals surface area contributed by atoms with Gasteiger partial charge in [-0.3, -0.25) is 0 Å². The molecule has 3 nitrogen and oxygen atoms in total. The van der Waals surface area contributed by atoms with Gasteiger partial charge in [0.05, 0.1) is 0 Å². The van der Waals surface area contributed by atoms with E-state index in [0.29, 0.717) is 16.7 Å². The maximum absolute atomic E-state index is 4.37. The van der Waals surface area contributed by atoms with Crippen molar-refractivity contribution in [1.29, 1.82) is 0 Å². The molecule has 1 saturated carbocycles. The molecule has 0 amide bonds. The Morgan fingerprint density at radius 3 is 2.84 bits per heavy atom. The number of aromatic nitrogens is 2. The number of thioether (sulfide) groups is 1. The molecule has 1 heterocycles. The molecule has 1 aliphatic rings. The van der Waals surface area contributed by atoms with Gasteiger partial charge in [0.15, 0.2) is 5.16 Å². The first-order chi connectivity index (χ1) is 9.06. The van der Waals surface area contributed by atoms with Crippen LogP contribution in [-0.2, 0) is 0 Å². The molecule has 3 unspecified atom stereocenters. The highest BCUT2D eigenvalue weighted by atomic mass is 32.2. The molecule has 1 aromatic rings. The monoisotopic (exact) mass is 281 g/mol. The number of imidazole rings is 1. The molecule has 0 aromatic carbocycles. The normalized spacial score (nSPS) is 28.5. The van der Waals surface area contributed by atoms with Crippen LogP contribution in [0.1, 0.15) is 46.5 Å². The Morgan fingerprint density at radius 1 is 1.47 bits per heavy atom. The minimum absolute atomic E-state index is 0.459. The number of aromatic amines is 1. The van der Waals surface area contributed by atoms with E-state index in [1.54, 1.807) is 0 Å². The summed E-state index contributed by atoms with van der Waals surface area (Å²) >= 11 is 1.91. The predicted octanol–water partition coefficient (Wildman–Crippen LogP) is 3.69. The fourth-order valence-corrected chi connectivity index (χ4v) is 4.36. The Balaban J connectivity index is 2.04. The summed E-state index contributed by atoms with van der Waals surface area (Å²) in [6, 6.07) is 0.610. The van der Waals surface area contributed by atoms with Crippen LogP contribution >= 0.6 is 11.8 Å². The average molecular weight is 281 g/mol. The molecule has 1 aromatic heterocycles. The summed E-state index contributed by atoms with van der Waals surface area (Å²) in [5, 5.41) is 5.18. The quantitative estimate of drug-likeness (QED) is 0.864. The maximum atomic E-state index is 4.37. The lowest BCUT2D eigenvalue weighted by Gasteiger charge is -2.42. The Bertz CT molecular complexity index is 375. The lowest BCUT2D eigenvalue weighted by atomic mass is 9.68. The number of hydrogen-bond donors (Lipinski definition) is 2. The van der Waals surface area contributed by atoms with Crippen LogP contribution in [0.2, 0.25) is 0 Å². The Labute approximate surface area is 121 Å². The van der Waals surface area contributed by atoms with Gasteiger partial charge in [-0.15, -0.1) is 0 Å². The molecule has 2 rings (SSSR count). The maximum Gasteiger partial charge on any atom is 0.165 e. The summed E-state index contributed by atoms with van der Waals surface area (Å²) in [6.07, 6.45) is 8.93. The summed E-state index contributed by atoms with van der Waals surface area (Å²) in [6.45, 7) is 7.16. The van der Waals surface area contributed by atoms with E-state index in [4.69, 9.17) is 0 Å². The van der Waals surface area contributed by atoms with Crippen LogP contribution in [0.25, 0.3) is 0 Å². The van der Waals surface area contributed by atoms with Crippen LogP contribution in [0.15, 0.2) is 17.6 Å². The average Bonchev–Trinajstić information content (AvgIpc) is 2.91. The van der Waals surface area contributed by atoms with E-state index in [2.05, 4.69) is 43.1 Å². The number of rotatable bonds is 5. The van der Waals surface area contributed by atoms with Crippen molar-refractivity contribution in [3.05, 3.63) is 12.4 Å². The van der Waals surface area contributed by atoms with E-state index < -0.39 is 0 Å². The highest BCUT2D eigenvalue weighted by Crippen LogP contribution is 2.44. The van der Waals surface area contributed by atoms with E-state index in [1.807, 2.05) is 24.2 Å². The highest BCUT2D eigenvalue weighted by molar-refractivity contribution is 7.99. The molecule has 2 N–H and O–H groups in total. The van der Waals surface area contributed by atoms with Gasteiger partial charge in [-0.25, -0.2) is 4.98 Å². The minimum Gasteiger partial charge on any atom is -0.340 e. The second-order valence-electron chi connectivity index (χ2n) is 6.30. The second kappa shape index (κ2) is 6.31. The molecule has 4 heteroatoms. The summed E-state index contributed by atoms with van der Waals surface area (Å²) in [5.41, 5.74) is 0.459. The molecule has 3 atom stereocenters. The molecule has 0 saturated heterocycles. The van der Waals surface area contributed by atoms with Crippen molar-refractivity contribution in [2.24, 2.45) is 11.3 Å². The largest absolute Gasteiger partial charge is 0.340 e. The molecule has 19 heavy (non-hydrogen) atoms. The number of H-pyrrole nitrogens is 1. The van der Waals surface area contributed by atoms with Gasteiger partial charge in [0.25, 0.3) is 0 Å². The standard InChI is InChI=1S/C15H27N3S/c1-5-15(2,3)11-6-7-12(16-4)13(10-11)19-14-17-8-9-18-14/h8-9,11-13,16H,5-7,10H2,1-4H3,(H,17,18). The van der Waals surface area contributed by atoms with Gasteiger partial charge in [-0.1, -0.05) is 39.0 Å². The molecule has 0 spiro atoms. The number of nitrogens with zero attached hydrogens (tertiary/aromatic N) is 1. The van der Waals surface area contributed by atoms with Crippen molar-refractivity contribution in [3.8, 4) is 0 Å². The third-order valence-corrected chi connectivity index (χ3v) is 6.19. The molecule has 0 radical (unpaired) electrons. The van der Waals surface area contributed by atoms with E-state index in [0.717, 1.165) is 11.1 Å². The van der Waals surface area contributed by atoms with E-state index in [9.17, 15) is 0 Å². The van der Waals surface area contributed by atoms with Crippen molar-refractivity contribution >= 4 is 11.8 Å². The van der Waals surface area contributed by atoms with Crippen molar-refractivity contribution in [1.82, 2.24) is 15.3 Å². The molecular formula is C15H27N3S. The number of nitrogens with one attached hydrogen (secondary N) is 2. The number of hydrogen-bond acceptors (Lipinski definition) is 3. The van der Waals surface area contributed by atoms with Gasteiger partial charge in [0.2, 0.25) is 0 Å².